The molecule has 350 valence electrons. The van der Waals surface area contributed by atoms with Gasteiger partial charge in [-0.25, -0.2) is 0 Å². The molecule has 12 rings (SSSR count). The lowest BCUT2D eigenvalue weighted by Gasteiger charge is -2.22. The van der Waals surface area contributed by atoms with Crippen LogP contribution in [0.1, 0.15) is 107 Å². The van der Waals surface area contributed by atoms with E-state index in [4.69, 9.17) is 0 Å². The molecule has 0 fully saturated rings. The lowest BCUT2D eigenvalue weighted by Crippen LogP contribution is -2.15. The highest BCUT2D eigenvalue weighted by Crippen LogP contribution is 2.52. The number of aromatic nitrogens is 1. The third-order valence-corrected chi connectivity index (χ3v) is 13.7. The Morgan fingerprint density at radius 2 is 0.899 bits per heavy atom. The minimum atomic E-state index is 0.000431. The molecule has 1 nitrogen and oxygen atoms in total. The Hall–Kier alpha value is -6.96. The predicted molar refractivity (Wildman–Crippen MR) is 305 cm³/mol. The Morgan fingerprint density at radius 1 is 0.406 bits per heavy atom. The predicted octanol–water partition coefficient (Wildman–Crippen LogP) is 19.8. The van der Waals surface area contributed by atoms with E-state index >= 15 is 0 Å². The first-order chi connectivity index (χ1) is 33.8. The van der Waals surface area contributed by atoms with Gasteiger partial charge in [-0.2, -0.15) is 0 Å². The first kappa shape index (κ1) is 49.9. The molecule has 0 aliphatic heterocycles. The molecular formula is C68H73N. The average Bonchev–Trinajstić information content (AvgIpc) is 3.86. The van der Waals surface area contributed by atoms with Gasteiger partial charge in [-0.15, -0.1) is 0 Å². The number of rotatable bonds is 3. The molecule has 0 spiro atoms. The van der Waals surface area contributed by atoms with Crippen LogP contribution in [0.4, 0.5) is 0 Å². The number of fused-ring (bicyclic) bond motifs is 8. The fourth-order valence-electron chi connectivity index (χ4n) is 10.4. The van der Waals surface area contributed by atoms with E-state index < -0.39 is 0 Å². The molecule has 1 heterocycles. The quantitative estimate of drug-likeness (QED) is 0.166. The van der Waals surface area contributed by atoms with Crippen molar-refractivity contribution in [2.75, 3.05) is 0 Å². The van der Waals surface area contributed by atoms with Crippen LogP contribution in [-0.4, -0.2) is 4.57 Å². The van der Waals surface area contributed by atoms with E-state index in [2.05, 4.69) is 233 Å². The van der Waals surface area contributed by atoms with Crippen molar-refractivity contribution in [1.82, 2.24) is 4.57 Å². The van der Waals surface area contributed by atoms with Crippen molar-refractivity contribution in [3.63, 3.8) is 0 Å². The van der Waals surface area contributed by atoms with Gasteiger partial charge in [0.05, 0.1) is 11.2 Å². The summed E-state index contributed by atoms with van der Waals surface area (Å²) in [4.78, 5) is 0. The van der Waals surface area contributed by atoms with E-state index in [1.165, 1.54) is 118 Å². The largest absolute Gasteiger partial charge is 0.313 e. The van der Waals surface area contributed by atoms with Crippen LogP contribution < -0.4 is 0 Å². The smallest absolute Gasteiger partial charge is 0.0540 e. The summed E-state index contributed by atoms with van der Waals surface area (Å²) in [5, 5.41) is 6.78. The van der Waals surface area contributed by atoms with Gasteiger partial charge >= 0.3 is 0 Å². The highest BCUT2D eigenvalue weighted by Gasteiger charge is 2.37. The van der Waals surface area contributed by atoms with E-state index in [1.54, 1.807) is 5.56 Å². The summed E-state index contributed by atoms with van der Waals surface area (Å²) >= 11 is 0. The molecule has 9 aromatic carbocycles. The molecule has 2 aliphatic carbocycles. The van der Waals surface area contributed by atoms with Gasteiger partial charge < -0.3 is 4.57 Å². The van der Waals surface area contributed by atoms with Crippen molar-refractivity contribution >= 4 is 32.4 Å². The Morgan fingerprint density at radius 3 is 1.52 bits per heavy atom. The van der Waals surface area contributed by atoms with Crippen molar-refractivity contribution in [3.05, 3.63) is 233 Å². The summed E-state index contributed by atoms with van der Waals surface area (Å²) in [6.45, 7) is 23.2. The lowest BCUT2D eigenvalue weighted by molar-refractivity contribution is 0.658. The number of hydrogen-bond acceptors (Lipinski definition) is 0. The highest BCUT2D eigenvalue weighted by atomic mass is 15.0. The fourth-order valence-corrected chi connectivity index (χ4v) is 10.4. The summed E-state index contributed by atoms with van der Waals surface area (Å²) in [6, 6.07) is 70.7. The van der Waals surface area contributed by atoms with Gasteiger partial charge in [0.1, 0.15) is 0 Å². The number of benzene rings is 9. The molecule has 0 saturated heterocycles. The fraction of sp³-hybridized carbons (Fsp3) is 0.235. The normalized spacial score (nSPS) is 12.4. The first-order valence-corrected chi connectivity index (χ1v) is 25.7. The van der Waals surface area contributed by atoms with Crippen molar-refractivity contribution in [1.29, 1.82) is 0 Å². The minimum Gasteiger partial charge on any atom is -0.313 e. The van der Waals surface area contributed by atoms with E-state index in [9.17, 15) is 0 Å². The van der Waals surface area contributed by atoms with Gasteiger partial charge in [0, 0.05) is 22.1 Å². The standard InChI is InChI=1S/C40H35N.2C11H10.3C2H6/c1-26-11-8-12-27(23-26)28-13-9-14-29(24-28)30-21-22-37-33(25-30)31-15-5-7-19-36(31)41(37)38-20-10-18-35-39(38)32-16-4-6-17-34(32)40(35,2)3;2*1-9-5-4-7-10-6-2-3-8-11(9)10;3*1-2/h4,6,8-14,16-18,20-25H,5,7,15,19H2,1-3H3;2*2-8H,1H3;3*1-2H3. The van der Waals surface area contributed by atoms with Crippen LogP contribution in [0, 0.1) is 20.8 Å². The summed E-state index contributed by atoms with van der Waals surface area (Å²) in [6.07, 6.45) is 4.81. The van der Waals surface area contributed by atoms with Crippen molar-refractivity contribution in [2.24, 2.45) is 0 Å². The first-order valence-electron chi connectivity index (χ1n) is 25.7. The van der Waals surface area contributed by atoms with E-state index in [0.717, 1.165) is 12.8 Å². The van der Waals surface area contributed by atoms with E-state index in [1.807, 2.05) is 41.5 Å². The zero-order chi connectivity index (χ0) is 49.1. The van der Waals surface area contributed by atoms with Crippen molar-refractivity contribution < 1.29 is 0 Å². The molecule has 0 bridgehead atoms. The van der Waals surface area contributed by atoms with Crippen LogP contribution in [0.3, 0.4) is 0 Å². The van der Waals surface area contributed by atoms with Gasteiger partial charge in [0.25, 0.3) is 0 Å². The Labute approximate surface area is 414 Å². The van der Waals surface area contributed by atoms with E-state index in [-0.39, 0.29) is 5.41 Å². The average molecular weight is 904 g/mol. The molecule has 10 aromatic rings. The van der Waals surface area contributed by atoms with Crippen LogP contribution in [0.5, 0.6) is 0 Å². The van der Waals surface area contributed by atoms with Crippen LogP contribution in [0.15, 0.2) is 194 Å². The SMILES string of the molecule is CC.CC.CC.Cc1cccc(-c2cccc(-c3ccc4c(c3)c3c(n4-c4cccc5c4-c4ccccc4C5(C)C)CCCC3)c2)c1.Cc1cccc2ccccc12.Cc1cccc2ccccc12. The molecule has 1 aromatic heterocycles. The lowest BCUT2D eigenvalue weighted by atomic mass is 9.82. The summed E-state index contributed by atoms with van der Waals surface area (Å²) < 4.78 is 2.62. The molecule has 0 atom stereocenters. The molecule has 1 heteroatoms. The number of nitrogens with zero attached hydrogens (tertiary/aromatic N) is 1. The number of hydrogen-bond donors (Lipinski definition) is 0. The molecule has 69 heavy (non-hydrogen) atoms. The van der Waals surface area contributed by atoms with Gasteiger partial charge in [-0.05, 0) is 148 Å². The van der Waals surface area contributed by atoms with Crippen LogP contribution in [0.2, 0.25) is 0 Å². The van der Waals surface area contributed by atoms with Crippen molar-refractivity contribution in [2.45, 2.75) is 107 Å². The topological polar surface area (TPSA) is 4.93 Å². The molecule has 0 amide bonds. The third kappa shape index (κ3) is 10.3. The van der Waals surface area contributed by atoms with Gasteiger partial charge in [0.2, 0.25) is 0 Å². The highest BCUT2D eigenvalue weighted by molar-refractivity contribution is 5.95. The summed E-state index contributed by atoms with van der Waals surface area (Å²) in [5.41, 5.74) is 20.5. The Kier molecular flexibility index (Phi) is 16.6. The summed E-state index contributed by atoms with van der Waals surface area (Å²) in [7, 11) is 0. The molecule has 0 radical (unpaired) electrons. The van der Waals surface area contributed by atoms with Gasteiger partial charge in [-0.3, -0.25) is 0 Å². The monoisotopic (exact) mass is 904 g/mol. The Balaban J connectivity index is 0.000000204. The van der Waals surface area contributed by atoms with Crippen LogP contribution in [0.25, 0.3) is 71.5 Å². The molecular weight excluding hydrogens is 831 g/mol. The minimum absolute atomic E-state index is 0.000431. The maximum atomic E-state index is 2.62. The van der Waals surface area contributed by atoms with Crippen LogP contribution in [-0.2, 0) is 18.3 Å². The van der Waals surface area contributed by atoms with Crippen LogP contribution >= 0.6 is 0 Å². The third-order valence-electron chi connectivity index (χ3n) is 13.7. The maximum absolute atomic E-state index is 2.62. The number of aryl methyl sites for hydroxylation is 4. The van der Waals surface area contributed by atoms with Gasteiger partial charge in [0.15, 0.2) is 0 Å². The second kappa shape index (κ2) is 22.9. The molecule has 0 saturated carbocycles. The molecule has 2 aliphatic rings. The van der Waals surface area contributed by atoms with E-state index in [0.29, 0.717) is 0 Å². The second-order valence-corrected chi connectivity index (χ2v) is 18.1. The van der Waals surface area contributed by atoms with Crippen molar-refractivity contribution in [3.8, 4) is 39.1 Å². The zero-order valence-corrected chi connectivity index (χ0v) is 43.3. The molecule has 0 unspecified atom stereocenters. The summed E-state index contributed by atoms with van der Waals surface area (Å²) in [5.74, 6) is 0. The zero-order valence-electron chi connectivity index (χ0n) is 43.3. The molecule has 0 N–H and O–H groups in total. The maximum Gasteiger partial charge on any atom is 0.0540 e. The Bertz CT molecular complexity index is 3210. The van der Waals surface area contributed by atoms with Gasteiger partial charge in [-0.1, -0.05) is 231 Å². The second-order valence-electron chi connectivity index (χ2n) is 18.1.